The van der Waals surface area contributed by atoms with Gasteiger partial charge in [-0.2, -0.15) is 4.31 Å². The van der Waals surface area contributed by atoms with Crippen LogP contribution in [-0.2, 0) is 14.8 Å². The third-order valence-electron chi connectivity index (χ3n) is 4.72. The third kappa shape index (κ3) is 4.51. The molecule has 2 aromatic carbocycles. The summed E-state index contributed by atoms with van der Waals surface area (Å²) < 4.78 is 39.2. The van der Waals surface area contributed by atoms with Gasteiger partial charge in [-0.3, -0.25) is 0 Å². The molecule has 1 heterocycles. The van der Waals surface area contributed by atoms with Gasteiger partial charge in [-0.25, -0.2) is 8.42 Å². The average molecular weight is 390 g/mol. The zero-order valence-electron chi connectivity index (χ0n) is 16.1. The van der Waals surface area contributed by atoms with Crippen molar-refractivity contribution < 1.29 is 17.9 Å². The normalized spacial score (nSPS) is 18.4. The molecule has 1 unspecified atom stereocenters. The van der Waals surface area contributed by atoms with E-state index in [9.17, 15) is 8.42 Å². The summed E-state index contributed by atoms with van der Waals surface area (Å²) in [6, 6.07) is 13.1. The number of benzene rings is 2. The van der Waals surface area contributed by atoms with Gasteiger partial charge in [0.05, 0.1) is 24.2 Å². The van der Waals surface area contributed by atoms with Crippen molar-refractivity contribution in [1.29, 1.82) is 0 Å². The van der Waals surface area contributed by atoms with Gasteiger partial charge < -0.3 is 9.47 Å². The molecule has 0 bridgehead atoms. The molecule has 0 N–H and O–H groups in total. The van der Waals surface area contributed by atoms with Gasteiger partial charge in [0.25, 0.3) is 0 Å². The Hall–Kier alpha value is -1.89. The summed E-state index contributed by atoms with van der Waals surface area (Å²) in [6.07, 6.45) is 0.663. The Labute approximate surface area is 162 Å². The fourth-order valence-electron chi connectivity index (χ4n) is 3.13. The van der Waals surface area contributed by atoms with E-state index in [0.29, 0.717) is 31.2 Å². The summed E-state index contributed by atoms with van der Waals surface area (Å²) in [5, 5.41) is 0. The Morgan fingerprint density at radius 2 is 1.89 bits per heavy atom. The number of ether oxygens (including phenoxy) is 2. The summed E-state index contributed by atoms with van der Waals surface area (Å²) in [5.74, 6) is 0.732. The molecule has 0 aromatic heterocycles. The molecule has 1 aliphatic heterocycles. The van der Waals surface area contributed by atoms with E-state index in [1.165, 1.54) is 9.87 Å². The molecular weight excluding hydrogens is 362 g/mol. The highest BCUT2D eigenvalue weighted by Crippen LogP contribution is 2.29. The minimum Gasteiger partial charge on any atom is -0.493 e. The number of hydrogen-bond donors (Lipinski definition) is 0. The lowest BCUT2D eigenvalue weighted by atomic mass is 10.1. The maximum absolute atomic E-state index is 13.1. The van der Waals surface area contributed by atoms with Crippen LogP contribution in [-0.4, -0.2) is 39.0 Å². The van der Waals surface area contributed by atoms with Gasteiger partial charge in [0.2, 0.25) is 10.0 Å². The van der Waals surface area contributed by atoms with Crippen molar-refractivity contribution in [2.45, 2.75) is 38.2 Å². The zero-order valence-corrected chi connectivity index (χ0v) is 17.0. The van der Waals surface area contributed by atoms with Crippen molar-refractivity contribution >= 4 is 10.0 Å². The molecule has 6 heteroatoms. The van der Waals surface area contributed by atoms with E-state index in [2.05, 4.69) is 0 Å². The first-order valence-electron chi connectivity index (χ1n) is 9.33. The summed E-state index contributed by atoms with van der Waals surface area (Å²) in [4.78, 5) is 0.299. The number of rotatable bonds is 6. The maximum Gasteiger partial charge on any atom is 0.243 e. The van der Waals surface area contributed by atoms with Crippen molar-refractivity contribution in [3.63, 3.8) is 0 Å². The highest BCUT2D eigenvalue weighted by molar-refractivity contribution is 7.89. The van der Waals surface area contributed by atoms with Crippen molar-refractivity contribution in [3.05, 3.63) is 59.2 Å². The van der Waals surface area contributed by atoms with Gasteiger partial charge in [0, 0.05) is 13.1 Å². The molecular formula is C21H27NO4S. The second-order valence-electron chi connectivity index (χ2n) is 6.91. The summed E-state index contributed by atoms with van der Waals surface area (Å²) >= 11 is 0. The van der Waals surface area contributed by atoms with Gasteiger partial charge >= 0.3 is 0 Å². The van der Waals surface area contributed by atoms with Crippen LogP contribution < -0.4 is 4.74 Å². The molecule has 2 aromatic rings. The van der Waals surface area contributed by atoms with Crippen LogP contribution in [0.15, 0.2) is 47.4 Å². The standard InChI is InChI=1S/C21H27NO4S/c1-4-12-25-20-10-9-19(14-17(20)3)27(23,24)22-11-13-26-21(15-22)18-7-5-16(2)6-8-18/h5-10,14,21H,4,11-13,15H2,1-3H3. The minimum atomic E-state index is -3.57. The monoisotopic (exact) mass is 389 g/mol. The zero-order chi connectivity index (χ0) is 19.4. The lowest BCUT2D eigenvalue weighted by Crippen LogP contribution is -2.42. The van der Waals surface area contributed by atoms with Crippen LogP contribution in [0.25, 0.3) is 0 Å². The van der Waals surface area contributed by atoms with Crippen LogP contribution in [0, 0.1) is 13.8 Å². The highest BCUT2D eigenvalue weighted by Gasteiger charge is 2.31. The number of nitrogens with zero attached hydrogens (tertiary/aromatic N) is 1. The Morgan fingerprint density at radius 3 is 2.56 bits per heavy atom. The molecule has 0 amide bonds. The first kappa shape index (κ1) is 19.9. The first-order valence-corrected chi connectivity index (χ1v) is 10.8. The second kappa shape index (κ2) is 8.42. The van der Waals surface area contributed by atoms with E-state index in [1.807, 2.05) is 45.0 Å². The first-order chi connectivity index (χ1) is 12.9. The predicted molar refractivity (Wildman–Crippen MR) is 106 cm³/mol. The molecule has 0 radical (unpaired) electrons. The van der Waals surface area contributed by atoms with Crippen molar-refractivity contribution in [1.82, 2.24) is 4.31 Å². The van der Waals surface area contributed by atoms with Crippen molar-refractivity contribution in [3.8, 4) is 5.75 Å². The fraction of sp³-hybridized carbons (Fsp3) is 0.429. The SMILES string of the molecule is CCCOc1ccc(S(=O)(=O)N2CCOC(c3ccc(C)cc3)C2)cc1C. The smallest absolute Gasteiger partial charge is 0.243 e. The average Bonchev–Trinajstić information content (AvgIpc) is 2.67. The van der Waals surface area contributed by atoms with E-state index >= 15 is 0 Å². The van der Waals surface area contributed by atoms with Crippen molar-refractivity contribution in [2.75, 3.05) is 26.3 Å². The summed E-state index contributed by atoms with van der Waals surface area (Å²) in [7, 11) is -3.57. The quantitative estimate of drug-likeness (QED) is 0.753. The molecule has 1 fully saturated rings. The number of hydrogen-bond acceptors (Lipinski definition) is 4. The van der Waals surface area contributed by atoms with Gasteiger partial charge in [-0.1, -0.05) is 36.8 Å². The second-order valence-corrected chi connectivity index (χ2v) is 8.85. The summed E-state index contributed by atoms with van der Waals surface area (Å²) in [6.45, 7) is 7.62. The fourth-order valence-corrected chi connectivity index (χ4v) is 4.64. The molecule has 0 aliphatic carbocycles. The number of aryl methyl sites for hydroxylation is 2. The van der Waals surface area contributed by atoms with Gasteiger partial charge in [-0.15, -0.1) is 0 Å². The largest absolute Gasteiger partial charge is 0.493 e. The van der Waals surface area contributed by atoms with E-state index in [1.54, 1.807) is 18.2 Å². The Bertz CT molecular complexity index is 878. The van der Waals surface area contributed by atoms with Crippen LogP contribution in [0.4, 0.5) is 0 Å². The Kier molecular flexibility index (Phi) is 6.19. The molecule has 0 saturated carbocycles. The van der Waals surface area contributed by atoms with E-state index < -0.39 is 10.0 Å². The van der Waals surface area contributed by atoms with Crippen molar-refractivity contribution in [2.24, 2.45) is 0 Å². The maximum atomic E-state index is 13.1. The van der Waals surface area contributed by atoms with Gasteiger partial charge in [0.1, 0.15) is 5.75 Å². The Balaban J connectivity index is 1.79. The molecule has 146 valence electrons. The van der Waals surface area contributed by atoms with E-state index in [0.717, 1.165) is 23.3 Å². The molecule has 27 heavy (non-hydrogen) atoms. The highest BCUT2D eigenvalue weighted by atomic mass is 32.2. The lowest BCUT2D eigenvalue weighted by molar-refractivity contribution is -0.00256. The van der Waals surface area contributed by atoms with Crippen LogP contribution in [0.1, 0.15) is 36.1 Å². The summed E-state index contributed by atoms with van der Waals surface area (Å²) in [5.41, 5.74) is 2.99. The predicted octanol–water partition coefficient (Wildman–Crippen LogP) is 3.85. The molecule has 1 atom stereocenters. The van der Waals surface area contributed by atoms with Crippen LogP contribution in [0.5, 0.6) is 5.75 Å². The number of sulfonamides is 1. The molecule has 5 nitrogen and oxygen atoms in total. The molecule has 1 saturated heterocycles. The molecule has 0 spiro atoms. The molecule has 3 rings (SSSR count). The minimum absolute atomic E-state index is 0.248. The van der Waals surface area contributed by atoms with Gasteiger partial charge in [0.15, 0.2) is 0 Å². The molecule has 1 aliphatic rings. The van der Waals surface area contributed by atoms with E-state index in [-0.39, 0.29) is 6.10 Å². The van der Waals surface area contributed by atoms with Crippen LogP contribution >= 0.6 is 0 Å². The topological polar surface area (TPSA) is 55.8 Å². The third-order valence-corrected chi connectivity index (χ3v) is 6.59. The van der Waals surface area contributed by atoms with Gasteiger partial charge in [-0.05, 0) is 49.6 Å². The van der Waals surface area contributed by atoms with Crippen LogP contribution in [0.3, 0.4) is 0 Å². The number of morpholine rings is 1. The van der Waals surface area contributed by atoms with Crippen LogP contribution in [0.2, 0.25) is 0 Å². The lowest BCUT2D eigenvalue weighted by Gasteiger charge is -2.32. The Morgan fingerprint density at radius 1 is 1.15 bits per heavy atom. The van der Waals surface area contributed by atoms with E-state index in [4.69, 9.17) is 9.47 Å².